The fraction of sp³-hybridized carbons (Fsp3) is 0.200. The van der Waals surface area contributed by atoms with Gasteiger partial charge in [-0.3, -0.25) is 4.79 Å². The number of aryl methyl sites for hydroxylation is 2. The molecule has 0 aromatic carbocycles. The highest BCUT2D eigenvalue weighted by molar-refractivity contribution is 7.98. The number of carbonyl (C=O) groups is 1. The molecule has 4 rings (SSSR count). The van der Waals surface area contributed by atoms with Crippen LogP contribution in [0.1, 0.15) is 33.1 Å². The van der Waals surface area contributed by atoms with E-state index in [0.29, 0.717) is 27.9 Å². The van der Waals surface area contributed by atoms with Crippen LogP contribution < -0.4 is 5.32 Å². The molecule has 0 aliphatic rings. The third-order valence-electron chi connectivity index (χ3n) is 4.45. The summed E-state index contributed by atoms with van der Waals surface area (Å²) in [7, 11) is 0. The van der Waals surface area contributed by atoms with Gasteiger partial charge in [-0.2, -0.15) is 0 Å². The number of imidazole rings is 1. The van der Waals surface area contributed by atoms with E-state index in [0.717, 1.165) is 28.4 Å². The summed E-state index contributed by atoms with van der Waals surface area (Å²) in [5.41, 5.74) is 3.92. The van der Waals surface area contributed by atoms with Crippen LogP contribution in [0.15, 0.2) is 52.4 Å². The standard InChI is InChI=1S/C20H18ClN5O2S/c1-12-17(13(2)28-25-12)11-29-20-16(4-3-7-22-20)19(27)23-8-15-10-26-9-14(21)5-6-18(26)24-15/h3-7,9-10H,8,11H2,1-2H3,(H,23,27). The van der Waals surface area contributed by atoms with Crippen molar-refractivity contribution < 1.29 is 9.32 Å². The Morgan fingerprint density at radius 1 is 1.28 bits per heavy atom. The third-order valence-corrected chi connectivity index (χ3v) is 5.70. The highest BCUT2D eigenvalue weighted by Gasteiger charge is 2.16. The first-order valence-corrected chi connectivity index (χ1v) is 10.3. The summed E-state index contributed by atoms with van der Waals surface area (Å²) in [6, 6.07) is 7.13. The van der Waals surface area contributed by atoms with Crippen LogP contribution in [0.3, 0.4) is 0 Å². The average molecular weight is 428 g/mol. The minimum atomic E-state index is -0.200. The number of carbonyl (C=O) groups excluding carboxylic acids is 1. The Balaban J connectivity index is 1.45. The van der Waals surface area contributed by atoms with E-state index in [1.54, 1.807) is 30.6 Å². The van der Waals surface area contributed by atoms with Gasteiger partial charge >= 0.3 is 0 Å². The number of hydrogen-bond acceptors (Lipinski definition) is 6. The molecule has 0 atom stereocenters. The van der Waals surface area contributed by atoms with Gasteiger partial charge in [-0.05, 0) is 38.1 Å². The van der Waals surface area contributed by atoms with Gasteiger partial charge in [-0.25, -0.2) is 9.97 Å². The second-order valence-electron chi connectivity index (χ2n) is 6.48. The molecule has 0 fully saturated rings. The number of hydrogen-bond donors (Lipinski definition) is 1. The van der Waals surface area contributed by atoms with Gasteiger partial charge in [-0.1, -0.05) is 16.8 Å². The number of rotatable bonds is 6. The van der Waals surface area contributed by atoms with E-state index in [1.807, 2.05) is 30.5 Å². The number of nitrogens with zero attached hydrogens (tertiary/aromatic N) is 4. The number of nitrogens with one attached hydrogen (secondary N) is 1. The molecule has 4 aromatic heterocycles. The Bertz CT molecular complexity index is 1170. The lowest BCUT2D eigenvalue weighted by Gasteiger charge is -2.08. The van der Waals surface area contributed by atoms with Crippen molar-refractivity contribution in [2.45, 2.75) is 31.2 Å². The largest absolute Gasteiger partial charge is 0.361 e. The van der Waals surface area contributed by atoms with E-state index >= 15 is 0 Å². The lowest BCUT2D eigenvalue weighted by Crippen LogP contribution is -2.23. The van der Waals surface area contributed by atoms with E-state index < -0.39 is 0 Å². The summed E-state index contributed by atoms with van der Waals surface area (Å²) in [5, 5.41) is 8.17. The normalized spacial score (nSPS) is 11.1. The fourth-order valence-electron chi connectivity index (χ4n) is 2.90. The second-order valence-corrected chi connectivity index (χ2v) is 7.88. The molecular weight excluding hydrogens is 410 g/mol. The summed E-state index contributed by atoms with van der Waals surface area (Å²) in [5.74, 6) is 1.21. The number of halogens is 1. The van der Waals surface area contributed by atoms with Gasteiger partial charge < -0.3 is 14.2 Å². The van der Waals surface area contributed by atoms with Gasteiger partial charge in [0.05, 0.1) is 28.5 Å². The molecule has 1 N–H and O–H groups in total. The van der Waals surface area contributed by atoms with Crippen molar-refractivity contribution in [2.75, 3.05) is 0 Å². The molecule has 7 nitrogen and oxygen atoms in total. The predicted molar refractivity (Wildman–Crippen MR) is 111 cm³/mol. The Hall–Kier alpha value is -2.84. The third kappa shape index (κ3) is 4.28. The first-order chi connectivity index (χ1) is 14.0. The van der Waals surface area contributed by atoms with Crippen LogP contribution in [0.2, 0.25) is 5.02 Å². The van der Waals surface area contributed by atoms with Gasteiger partial charge in [0.2, 0.25) is 0 Å². The number of fused-ring (bicyclic) bond motifs is 1. The summed E-state index contributed by atoms with van der Waals surface area (Å²) < 4.78 is 7.03. The molecule has 4 aromatic rings. The van der Waals surface area contributed by atoms with Crippen molar-refractivity contribution >= 4 is 34.9 Å². The molecule has 0 saturated carbocycles. The van der Waals surface area contributed by atoms with E-state index in [9.17, 15) is 4.79 Å². The number of thioether (sulfide) groups is 1. The van der Waals surface area contributed by atoms with Crippen LogP contribution in [-0.4, -0.2) is 25.4 Å². The number of amides is 1. The van der Waals surface area contributed by atoms with Crippen molar-refractivity contribution in [2.24, 2.45) is 0 Å². The second kappa shape index (κ2) is 8.26. The van der Waals surface area contributed by atoms with Crippen LogP contribution in [0, 0.1) is 13.8 Å². The summed E-state index contributed by atoms with van der Waals surface area (Å²) in [4.78, 5) is 21.6. The molecule has 4 heterocycles. The zero-order valence-corrected chi connectivity index (χ0v) is 17.4. The highest BCUT2D eigenvalue weighted by atomic mass is 35.5. The Kier molecular flexibility index (Phi) is 5.55. The Labute approximate surface area is 176 Å². The van der Waals surface area contributed by atoms with Crippen molar-refractivity contribution in [1.29, 1.82) is 0 Å². The highest BCUT2D eigenvalue weighted by Crippen LogP contribution is 2.27. The average Bonchev–Trinajstić information content (AvgIpc) is 3.26. The minimum absolute atomic E-state index is 0.200. The van der Waals surface area contributed by atoms with Crippen molar-refractivity contribution in [3.05, 3.63) is 76.2 Å². The zero-order valence-electron chi connectivity index (χ0n) is 15.8. The van der Waals surface area contributed by atoms with Crippen LogP contribution in [-0.2, 0) is 12.3 Å². The molecule has 1 amide bonds. The minimum Gasteiger partial charge on any atom is -0.361 e. The maximum Gasteiger partial charge on any atom is 0.254 e. The molecule has 0 aliphatic heterocycles. The topological polar surface area (TPSA) is 85.3 Å². The van der Waals surface area contributed by atoms with Crippen LogP contribution >= 0.6 is 23.4 Å². The Morgan fingerprint density at radius 2 is 2.14 bits per heavy atom. The summed E-state index contributed by atoms with van der Waals surface area (Å²) in [6.45, 7) is 4.09. The van der Waals surface area contributed by atoms with Gasteiger partial charge in [0.15, 0.2) is 0 Å². The molecule has 0 bridgehead atoms. The smallest absolute Gasteiger partial charge is 0.254 e. The first-order valence-electron chi connectivity index (χ1n) is 8.92. The predicted octanol–water partition coefficient (Wildman–Crippen LogP) is 4.21. The fourth-order valence-corrected chi connectivity index (χ4v) is 4.21. The Morgan fingerprint density at radius 3 is 2.93 bits per heavy atom. The van der Waals surface area contributed by atoms with Gasteiger partial charge in [-0.15, -0.1) is 11.8 Å². The molecular formula is C20H18ClN5O2S. The van der Waals surface area contributed by atoms with Crippen LogP contribution in [0.25, 0.3) is 5.65 Å². The molecule has 0 radical (unpaired) electrons. The van der Waals surface area contributed by atoms with Gasteiger partial charge in [0, 0.05) is 29.9 Å². The maximum atomic E-state index is 12.8. The molecule has 0 spiro atoms. The van der Waals surface area contributed by atoms with Crippen LogP contribution in [0.5, 0.6) is 0 Å². The monoisotopic (exact) mass is 427 g/mol. The zero-order chi connectivity index (χ0) is 20.4. The molecule has 0 unspecified atom stereocenters. The molecule has 9 heteroatoms. The number of aromatic nitrogens is 4. The quantitative estimate of drug-likeness (QED) is 0.464. The van der Waals surface area contributed by atoms with E-state index in [-0.39, 0.29) is 5.91 Å². The van der Waals surface area contributed by atoms with E-state index in [2.05, 4.69) is 20.4 Å². The summed E-state index contributed by atoms with van der Waals surface area (Å²) in [6.07, 6.45) is 5.30. The van der Waals surface area contributed by atoms with E-state index in [1.165, 1.54) is 11.8 Å². The van der Waals surface area contributed by atoms with Gasteiger partial charge in [0.1, 0.15) is 16.4 Å². The van der Waals surface area contributed by atoms with E-state index in [4.69, 9.17) is 16.1 Å². The maximum absolute atomic E-state index is 12.8. The first kappa shape index (κ1) is 19.5. The van der Waals surface area contributed by atoms with Crippen molar-refractivity contribution in [3.63, 3.8) is 0 Å². The molecule has 148 valence electrons. The van der Waals surface area contributed by atoms with Crippen molar-refractivity contribution in [3.8, 4) is 0 Å². The molecule has 0 saturated heterocycles. The number of pyridine rings is 2. The summed E-state index contributed by atoms with van der Waals surface area (Å²) >= 11 is 7.48. The lowest BCUT2D eigenvalue weighted by atomic mass is 10.2. The van der Waals surface area contributed by atoms with Crippen molar-refractivity contribution in [1.82, 2.24) is 24.8 Å². The molecule has 29 heavy (non-hydrogen) atoms. The SMILES string of the molecule is Cc1noc(C)c1CSc1ncccc1C(=O)NCc1cn2cc(Cl)ccc2n1. The lowest BCUT2D eigenvalue weighted by molar-refractivity contribution is 0.0947. The van der Waals surface area contributed by atoms with Crippen LogP contribution in [0.4, 0.5) is 0 Å². The van der Waals surface area contributed by atoms with Gasteiger partial charge in [0.25, 0.3) is 5.91 Å². The molecule has 0 aliphatic carbocycles.